The van der Waals surface area contributed by atoms with Gasteiger partial charge in [-0.05, 0) is 35.6 Å². The highest BCUT2D eigenvalue weighted by molar-refractivity contribution is 14.1. The highest BCUT2D eigenvalue weighted by Crippen LogP contribution is 2.35. The zero-order valence-electron chi connectivity index (χ0n) is 6.80. The van der Waals surface area contributed by atoms with E-state index in [4.69, 9.17) is 10.5 Å². The van der Waals surface area contributed by atoms with Crippen LogP contribution in [0.2, 0.25) is 0 Å². The summed E-state index contributed by atoms with van der Waals surface area (Å²) in [6.45, 7) is 2.69. The summed E-state index contributed by atoms with van der Waals surface area (Å²) in [5, 5.41) is 0. The summed E-state index contributed by atoms with van der Waals surface area (Å²) in [7, 11) is 0. The van der Waals surface area contributed by atoms with E-state index in [0.29, 0.717) is 6.61 Å². The van der Waals surface area contributed by atoms with Crippen LogP contribution in [-0.4, -0.2) is 6.61 Å². The van der Waals surface area contributed by atoms with E-state index in [-0.39, 0.29) is 6.04 Å². The molecule has 1 atom stereocenters. The van der Waals surface area contributed by atoms with Gasteiger partial charge >= 0.3 is 0 Å². The summed E-state index contributed by atoms with van der Waals surface area (Å²) >= 11 is 2.30. The van der Waals surface area contributed by atoms with Crippen molar-refractivity contribution >= 4 is 22.6 Å². The Balaban J connectivity index is 2.60. The second-order valence-electron chi connectivity index (χ2n) is 3.01. The number of rotatable bonds is 0. The van der Waals surface area contributed by atoms with E-state index in [0.717, 1.165) is 11.3 Å². The quantitative estimate of drug-likeness (QED) is 0.735. The standard InChI is InChI=1S/C9H10INO/c1-5-7(10)3-2-6-8(11)4-12-9(5)6/h2-3,8H,4,11H2,1H3. The van der Waals surface area contributed by atoms with Gasteiger partial charge in [0.2, 0.25) is 0 Å². The zero-order chi connectivity index (χ0) is 8.72. The third kappa shape index (κ3) is 1.11. The Kier molecular flexibility index (Phi) is 2.00. The maximum atomic E-state index is 5.84. The molecular weight excluding hydrogens is 265 g/mol. The number of nitrogens with two attached hydrogens (primary N) is 1. The molecule has 1 aliphatic rings. The van der Waals surface area contributed by atoms with Gasteiger partial charge in [0, 0.05) is 14.7 Å². The molecule has 0 spiro atoms. The topological polar surface area (TPSA) is 35.2 Å². The van der Waals surface area contributed by atoms with Crippen LogP contribution in [-0.2, 0) is 0 Å². The molecule has 1 aromatic rings. The van der Waals surface area contributed by atoms with E-state index in [1.807, 2.05) is 0 Å². The first-order valence-corrected chi connectivity index (χ1v) is 4.95. The van der Waals surface area contributed by atoms with Gasteiger partial charge in [-0.2, -0.15) is 0 Å². The molecule has 0 radical (unpaired) electrons. The highest BCUT2D eigenvalue weighted by atomic mass is 127. The Morgan fingerprint density at radius 2 is 2.33 bits per heavy atom. The van der Waals surface area contributed by atoms with Crippen molar-refractivity contribution in [2.24, 2.45) is 5.73 Å². The van der Waals surface area contributed by atoms with Gasteiger partial charge in [0.1, 0.15) is 12.4 Å². The third-order valence-corrected chi connectivity index (χ3v) is 3.35. The first-order valence-electron chi connectivity index (χ1n) is 3.87. The van der Waals surface area contributed by atoms with Gasteiger partial charge in [0.15, 0.2) is 0 Å². The second-order valence-corrected chi connectivity index (χ2v) is 4.17. The Morgan fingerprint density at radius 1 is 1.58 bits per heavy atom. The van der Waals surface area contributed by atoms with Gasteiger partial charge in [-0.3, -0.25) is 0 Å². The van der Waals surface area contributed by atoms with Crippen molar-refractivity contribution in [1.29, 1.82) is 0 Å². The number of hydrogen-bond donors (Lipinski definition) is 1. The Hall–Kier alpha value is -0.290. The van der Waals surface area contributed by atoms with Crippen LogP contribution in [0.5, 0.6) is 5.75 Å². The lowest BCUT2D eigenvalue weighted by Crippen LogP contribution is -2.10. The first kappa shape index (κ1) is 8.31. The largest absolute Gasteiger partial charge is 0.491 e. The van der Waals surface area contributed by atoms with E-state index in [1.165, 1.54) is 9.13 Å². The van der Waals surface area contributed by atoms with Crippen LogP contribution in [0.1, 0.15) is 17.2 Å². The minimum atomic E-state index is 0.0655. The van der Waals surface area contributed by atoms with Crippen LogP contribution < -0.4 is 10.5 Å². The second kappa shape index (κ2) is 2.88. The smallest absolute Gasteiger partial charge is 0.128 e. The summed E-state index contributed by atoms with van der Waals surface area (Å²) in [6.07, 6.45) is 0. The summed E-state index contributed by atoms with van der Waals surface area (Å²) in [5.74, 6) is 0.995. The molecule has 0 aromatic heterocycles. The van der Waals surface area contributed by atoms with E-state index in [2.05, 4.69) is 41.6 Å². The molecule has 2 rings (SSSR count). The third-order valence-electron chi connectivity index (χ3n) is 2.18. The molecule has 64 valence electrons. The maximum Gasteiger partial charge on any atom is 0.128 e. The molecule has 1 unspecified atom stereocenters. The minimum Gasteiger partial charge on any atom is -0.491 e. The van der Waals surface area contributed by atoms with Crippen LogP contribution in [0, 0.1) is 10.5 Å². The van der Waals surface area contributed by atoms with Crippen LogP contribution >= 0.6 is 22.6 Å². The molecule has 3 heteroatoms. The maximum absolute atomic E-state index is 5.84. The number of halogens is 1. The van der Waals surface area contributed by atoms with Crippen molar-refractivity contribution in [1.82, 2.24) is 0 Å². The average Bonchev–Trinajstić information content (AvgIpc) is 2.41. The van der Waals surface area contributed by atoms with Crippen molar-refractivity contribution < 1.29 is 4.74 Å². The molecule has 0 saturated carbocycles. The zero-order valence-corrected chi connectivity index (χ0v) is 8.96. The molecule has 2 N–H and O–H groups in total. The fraction of sp³-hybridized carbons (Fsp3) is 0.333. The van der Waals surface area contributed by atoms with Crippen molar-refractivity contribution in [2.45, 2.75) is 13.0 Å². The van der Waals surface area contributed by atoms with Gasteiger partial charge < -0.3 is 10.5 Å². The summed E-state index contributed by atoms with van der Waals surface area (Å²) in [6, 6.07) is 4.21. The van der Waals surface area contributed by atoms with E-state index in [9.17, 15) is 0 Å². The van der Waals surface area contributed by atoms with E-state index in [1.54, 1.807) is 0 Å². The van der Waals surface area contributed by atoms with Crippen molar-refractivity contribution in [3.05, 3.63) is 26.8 Å². The normalized spacial score (nSPS) is 20.4. The van der Waals surface area contributed by atoms with Gasteiger partial charge in [-0.15, -0.1) is 0 Å². The van der Waals surface area contributed by atoms with Crippen LogP contribution in [0.25, 0.3) is 0 Å². The van der Waals surface area contributed by atoms with E-state index < -0.39 is 0 Å². The molecule has 2 nitrogen and oxygen atoms in total. The molecule has 0 bridgehead atoms. The molecular formula is C9H10INO. The van der Waals surface area contributed by atoms with Gasteiger partial charge in [0.05, 0.1) is 6.04 Å². The number of hydrogen-bond acceptors (Lipinski definition) is 2. The van der Waals surface area contributed by atoms with Crippen LogP contribution in [0.4, 0.5) is 0 Å². The molecule has 0 amide bonds. The molecule has 0 aliphatic carbocycles. The fourth-order valence-corrected chi connectivity index (χ4v) is 1.86. The molecule has 1 aliphatic heterocycles. The summed E-state index contributed by atoms with van der Waals surface area (Å²) < 4.78 is 6.73. The average molecular weight is 275 g/mol. The van der Waals surface area contributed by atoms with Gasteiger partial charge in [-0.1, -0.05) is 6.07 Å². The van der Waals surface area contributed by atoms with Crippen LogP contribution in [0.15, 0.2) is 12.1 Å². The molecule has 0 saturated heterocycles. The summed E-state index contributed by atoms with van der Waals surface area (Å²) in [5.41, 5.74) is 8.19. The minimum absolute atomic E-state index is 0.0655. The summed E-state index contributed by atoms with van der Waals surface area (Å²) in [4.78, 5) is 0. The monoisotopic (exact) mass is 275 g/mol. The Bertz CT molecular complexity index is 325. The molecule has 0 fully saturated rings. The molecule has 1 aromatic carbocycles. The lowest BCUT2D eigenvalue weighted by molar-refractivity contribution is 0.331. The Labute approximate surface area is 85.2 Å². The fourth-order valence-electron chi connectivity index (χ4n) is 1.44. The van der Waals surface area contributed by atoms with Gasteiger partial charge in [-0.25, -0.2) is 0 Å². The predicted molar refractivity (Wildman–Crippen MR) is 56.3 cm³/mol. The molecule has 12 heavy (non-hydrogen) atoms. The lowest BCUT2D eigenvalue weighted by Gasteiger charge is -2.05. The van der Waals surface area contributed by atoms with Crippen molar-refractivity contribution in [3.8, 4) is 5.75 Å². The van der Waals surface area contributed by atoms with Crippen LogP contribution in [0.3, 0.4) is 0 Å². The lowest BCUT2D eigenvalue weighted by atomic mass is 10.1. The van der Waals surface area contributed by atoms with E-state index >= 15 is 0 Å². The highest BCUT2D eigenvalue weighted by Gasteiger charge is 2.22. The van der Waals surface area contributed by atoms with Gasteiger partial charge in [0.25, 0.3) is 0 Å². The van der Waals surface area contributed by atoms with Crippen molar-refractivity contribution in [3.63, 3.8) is 0 Å². The SMILES string of the molecule is Cc1c(I)ccc2c1OCC2N. The number of benzene rings is 1. The van der Waals surface area contributed by atoms with Crippen molar-refractivity contribution in [2.75, 3.05) is 6.61 Å². The Morgan fingerprint density at radius 3 is 3.08 bits per heavy atom. The number of ether oxygens (including phenoxy) is 1. The molecule has 1 heterocycles. The number of fused-ring (bicyclic) bond motifs is 1. The predicted octanol–water partition coefficient (Wildman–Crippen LogP) is 1.99. The first-order chi connectivity index (χ1) is 5.70.